The molecule has 1 rings (SSSR count). The lowest BCUT2D eigenvalue weighted by Crippen LogP contribution is -2.31. The van der Waals surface area contributed by atoms with Crippen LogP contribution in [0.25, 0.3) is 0 Å². The van der Waals surface area contributed by atoms with Gasteiger partial charge in [-0.25, -0.2) is 16.8 Å². The number of hydrogen-bond acceptors (Lipinski definition) is 9. The fourth-order valence-corrected chi connectivity index (χ4v) is 6.55. The third kappa shape index (κ3) is 3.55. The summed E-state index contributed by atoms with van der Waals surface area (Å²) >= 11 is 0.228. The van der Waals surface area contributed by atoms with Gasteiger partial charge in [0.25, 0.3) is 0 Å². The van der Waals surface area contributed by atoms with Crippen molar-refractivity contribution < 1.29 is 36.0 Å². The summed E-state index contributed by atoms with van der Waals surface area (Å²) in [7, 11) is -8.34. The quantitative estimate of drug-likeness (QED) is 0.238. The highest BCUT2D eigenvalue weighted by Crippen LogP contribution is 2.29. The normalized spacial score (nSPS) is 30.5. The molecule has 11 heteroatoms. The second kappa shape index (κ2) is 4.53. The summed E-state index contributed by atoms with van der Waals surface area (Å²) in [6.07, 6.45) is 0. The molecule has 0 amide bonds. The summed E-state index contributed by atoms with van der Waals surface area (Å²) in [5.41, 5.74) is 0. The van der Waals surface area contributed by atoms with Gasteiger partial charge >= 0.3 is 0 Å². The van der Waals surface area contributed by atoms with Crippen LogP contribution < -0.4 is 5.26 Å². The molecule has 8 nitrogen and oxygen atoms in total. The fraction of sp³-hybridized carbons (Fsp3) is 1.00. The Morgan fingerprint density at radius 2 is 1.93 bits per heavy atom. The molecule has 0 aliphatic carbocycles. The van der Waals surface area contributed by atoms with Crippen LogP contribution in [-0.2, 0) is 29.3 Å². The molecule has 0 bridgehead atoms. The third-order valence-corrected chi connectivity index (χ3v) is 6.25. The maximum absolute atomic E-state index is 11.1. The Kier molecular flexibility index (Phi) is 3.97. The van der Waals surface area contributed by atoms with E-state index in [1.165, 1.54) is 0 Å². The molecule has 0 spiro atoms. The summed E-state index contributed by atoms with van der Waals surface area (Å²) < 4.78 is 58.0. The van der Waals surface area contributed by atoms with Crippen LogP contribution in [0.15, 0.2) is 0 Å². The van der Waals surface area contributed by atoms with E-state index in [1.807, 2.05) is 0 Å². The molecule has 1 aliphatic rings. The predicted molar refractivity (Wildman–Crippen MR) is 45.7 cm³/mol. The first-order chi connectivity index (χ1) is 6.76. The summed E-state index contributed by atoms with van der Waals surface area (Å²) in [5, 5.41) is 9.70. The van der Waals surface area contributed by atoms with Gasteiger partial charge in [0, 0.05) is 12.0 Å². The molecule has 0 saturated carbocycles. The Morgan fingerprint density at radius 1 is 1.33 bits per heavy atom. The van der Waals surface area contributed by atoms with Crippen LogP contribution in [0.1, 0.15) is 0 Å². The lowest BCUT2D eigenvalue weighted by atomic mass is 10.4. The lowest BCUT2D eigenvalue weighted by Gasteiger charge is -2.19. The standard InChI is InChI=1S/C4H8O8S3/c5-11-12-13-3-1-14(6,7)2-4(3)15(8,9)10/h3-5H,1-2H2,(H,8,9,10)/p-2. The van der Waals surface area contributed by atoms with E-state index in [0.29, 0.717) is 0 Å². The van der Waals surface area contributed by atoms with Gasteiger partial charge in [0.1, 0.15) is 0 Å². The van der Waals surface area contributed by atoms with Crippen LogP contribution in [0, 0.1) is 0 Å². The molecule has 2 unspecified atom stereocenters. The number of sulfone groups is 1. The van der Waals surface area contributed by atoms with Gasteiger partial charge in [0.05, 0.1) is 32.1 Å². The maximum atomic E-state index is 11.1. The van der Waals surface area contributed by atoms with Crippen LogP contribution in [0.5, 0.6) is 0 Å². The van der Waals surface area contributed by atoms with Crippen LogP contribution in [0.2, 0.25) is 0 Å². The van der Waals surface area contributed by atoms with E-state index >= 15 is 0 Å². The average Bonchev–Trinajstić information content (AvgIpc) is 2.37. The maximum Gasteiger partial charge on any atom is 0.152 e. The van der Waals surface area contributed by atoms with Gasteiger partial charge in [-0.15, -0.1) is 0 Å². The first-order valence-corrected chi connectivity index (χ1v) is 7.63. The second-order valence-electron chi connectivity index (χ2n) is 2.88. The minimum atomic E-state index is -4.74. The van der Waals surface area contributed by atoms with Crippen molar-refractivity contribution in [2.45, 2.75) is 10.5 Å². The molecular weight excluding hydrogens is 272 g/mol. The number of hydrogen-bond donors (Lipinski definition) is 0. The Bertz CT molecular complexity index is 409. The molecule has 90 valence electrons. The molecule has 0 N–H and O–H groups in total. The molecule has 0 aromatic rings. The second-order valence-corrected chi connectivity index (χ2v) is 7.56. The minimum Gasteiger partial charge on any atom is -0.748 e. The van der Waals surface area contributed by atoms with Gasteiger partial charge in [-0.3, -0.25) is 5.04 Å². The summed E-state index contributed by atoms with van der Waals surface area (Å²) in [6, 6.07) is 0. The van der Waals surface area contributed by atoms with Crippen LogP contribution in [0.3, 0.4) is 0 Å². The van der Waals surface area contributed by atoms with Gasteiger partial charge in [-0.1, -0.05) is 0 Å². The first kappa shape index (κ1) is 13.2. The van der Waals surface area contributed by atoms with Crippen molar-refractivity contribution >= 4 is 32.0 Å². The third-order valence-electron chi connectivity index (χ3n) is 1.81. The van der Waals surface area contributed by atoms with Crippen molar-refractivity contribution in [2.75, 3.05) is 11.5 Å². The van der Waals surface area contributed by atoms with Gasteiger partial charge in [-0.2, -0.15) is 4.33 Å². The zero-order chi connectivity index (χ0) is 11.7. The van der Waals surface area contributed by atoms with E-state index in [2.05, 4.69) is 9.37 Å². The van der Waals surface area contributed by atoms with Gasteiger partial charge in [0.2, 0.25) is 0 Å². The van der Waals surface area contributed by atoms with Gasteiger partial charge in [-0.05, 0) is 0 Å². The van der Waals surface area contributed by atoms with Crippen molar-refractivity contribution in [1.29, 1.82) is 0 Å². The van der Waals surface area contributed by atoms with Crippen molar-refractivity contribution in [2.24, 2.45) is 0 Å². The highest BCUT2D eigenvalue weighted by atomic mass is 32.2. The molecule has 0 radical (unpaired) electrons. The molecular formula is C4H6O8S3-2. The summed E-state index contributed by atoms with van der Waals surface area (Å²) in [5.74, 6) is -1.29. The van der Waals surface area contributed by atoms with Gasteiger partial charge in [0.15, 0.2) is 9.84 Å². The van der Waals surface area contributed by atoms with Crippen LogP contribution in [0.4, 0.5) is 0 Å². The molecule has 1 fully saturated rings. The molecule has 1 aliphatic heterocycles. The van der Waals surface area contributed by atoms with E-state index in [0.717, 1.165) is 0 Å². The molecule has 0 aromatic heterocycles. The lowest BCUT2D eigenvalue weighted by molar-refractivity contribution is -0.777. The van der Waals surface area contributed by atoms with E-state index in [-0.39, 0.29) is 12.0 Å². The topological polar surface area (TPSA) is 133 Å². The summed E-state index contributed by atoms with van der Waals surface area (Å²) in [6.45, 7) is 0. The molecule has 1 heterocycles. The zero-order valence-electron chi connectivity index (χ0n) is 7.06. The zero-order valence-corrected chi connectivity index (χ0v) is 9.51. The Hall–Kier alpha value is 0.0900. The van der Waals surface area contributed by atoms with E-state index in [9.17, 15) is 26.6 Å². The van der Waals surface area contributed by atoms with Crippen LogP contribution >= 0.6 is 12.0 Å². The minimum absolute atomic E-state index is 0.228. The molecule has 1 saturated heterocycles. The Balaban J connectivity index is 2.85. The van der Waals surface area contributed by atoms with E-state index in [4.69, 9.17) is 0 Å². The summed E-state index contributed by atoms with van der Waals surface area (Å²) in [4.78, 5) is 0. The Morgan fingerprint density at radius 3 is 2.40 bits per heavy atom. The highest BCUT2D eigenvalue weighted by molar-refractivity contribution is 8.00. The molecule has 2 atom stereocenters. The van der Waals surface area contributed by atoms with Crippen molar-refractivity contribution in [3.8, 4) is 0 Å². The van der Waals surface area contributed by atoms with Crippen molar-refractivity contribution in [1.82, 2.24) is 0 Å². The first-order valence-electron chi connectivity index (χ1n) is 3.53. The van der Waals surface area contributed by atoms with E-state index in [1.54, 1.807) is 0 Å². The monoisotopic (exact) mass is 278 g/mol. The largest absolute Gasteiger partial charge is 0.748 e. The van der Waals surface area contributed by atoms with E-state index < -0.39 is 42.0 Å². The SMILES string of the molecule is O=S1(=O)CC(SOO[O-])C(S(=O)(=O)[O-])C1. The Labute approximate surface area is 90.3 Å². The molecule has 15 heavy (non-hydrogen) atoms. The average molecular weight is 278 g/mol. The smallest absolute Gasteiger partial charge is 0.152 e. The highest BCUT2D eigenvalue weighted by Gasteiger charge is 2.42. The number of rotatable bonds is 4. The van der Waals surface area contributed by atoms with Crippen molar-refractivity contribution in [3.63, 3.8) is 0 Å². The molecule has 0 aromatic carbocycles. The van der Waals surface area contributed by atoms with Gasteiger partial charge < -0.3 is 9.81 Å². The fourth-order valence-electron chi connectivity index (χ4n) is 1.21. The van der Waals surface area contributed by atoms with Crippen molar-refractivity contribution in [3.05, 3.63) is 0 Å². The predicted octanol–water partition coefficient (Wildman–Crippen LogP) is -2.43. The van der Waals surface area contributed by atoms with Crippen LogP contribution in [-0.4, -0.2) is 43.4 Å².